The second-order valence-electron chi connectivity index (χ2n) is 5.77. The van der Waals surface area contributed by atoms with Crippen LogP contribution < -0.4 is 0 Å². The summed E-state index contributed by atoms with van der Waals surface area (Å²) in [7, 11) is 2.52. The first-order valence-corrected chi connectivity index (χ1v) is 8.04. The van der Waals surface area contributed by atoms with E-state index in [0.29, 0.717) is 12.1 Å². The number of carbonyl (C=O) groups is 2. The van der Waals surface area contributed by atoms with E-state index in [9.17, 15) is 35.9 Å². The van der Waals surface area contributed by atoms with Gasteiger partial charge in [0.1, 0.15) is 17.4 Å². The molecule has 0 aliphatic rings. The van der Waals surface area contributed by atoms with Gasteiger partial charge in [-0.2, -0.15) is 0 Å². The normalized spacial score (nSPS) is 10.2. The number of hydrogen-bond acceptors (Lipinski definition) is 3. The van der Waals surface area contributed by atoms with Crippen molar-refractivity contribution in [1.29, 1.82) is 0 Å². The Bertz CT molecular complexity index is 904. The molecule has 0 unspecified atom stereocenters. The van der Waals surface area contributed by atoms with Crippen LogP contribution in [0.5, 0.6) is 0 Å². The molecular formula is C19H17F6NO3. The number of ketones is 1. The van der Waals surface area contributed by atoms with Gasteiger partial charge in [-0.1, -0.05) is 0 Å². The molecule has 10 heteroatoms. The molecule has 0 fully saturated rings. The Morgan fingerprint density at radius 3 is 1.55 bits per heavy atom. The molecule has 2 rings (SSSR count). The van der Waals surface area contributed by atoms with Crippen molar-refractivity contribution in [2.75, 3.05) is 14.2 Å². The molecule has 4 nitrogen and oxygen atoms in total. The summed E-state index contributed by atoms with van der Waals surface area (Å²) in [6.07, 6.45) is -1.02. The minimum atomic E-state index is -1.35. The Morgan fingerprint density at radius 2 is 1.17 bits per heavy atom. The van der Waals surface area contributed by atoms with Crippen LogP contribution in [-0.4, -0.2) is 30.9 Å². The second-order valence-corrected chi connectivity index (χ2v) is 5.77. The van der Waals surface area contributed by atoms with Gasteiger partial charge in [-0.3, -0.25) is 14.4 Å². The van der Waals surface area contributed by atoms with Crippen LogP contribution in [0.4, 0.5) is 26.3 Å². The number of likely N-dealkylation sites (N-methyl/N-ethyl adjacent to an activating group) is 1. The highest BCUT2D eigenvalue weighted by Gasteiger charge is 2.19. The highest BCUT2D eigenvalue weighted by atomic mass is 19.2. The molecule has 0 bridgehead atoms. The fraction of sp³-hybridized carbons (Fsp3) is 0.263. The molecule has 2 aromatic carbocycles. The summed E-state index contributed by atoms with van der Waals surface area (Å²) in [5.41, 5.74) is -1.11. The van der Waals surface area contributed by atoms with Crippen molar-refractivity contribution in [3.8, 4) is 0 Å². The Morgan fingerprint density at radius 1 is 0.793 bits per heavy atom. The third-order valence-corrected chi connectivity index (χ3v) is 3.66. The molecule has 0 saturated carbocycles. The maximum atomic E-state index is 13.2. The highest BCUT2D eigenvalue weighted by Crippen LogP contribution is 2.17. The Kier molecular flexibility index (Phi) is 8.84. The first-order chi connectivity index (χ1) is 13.5. The number of amides is 1. The van der Waals surface area contributed by atoms with Gasteiger partial charge in [0.15, 0.2) is 23.3 Å². The Balaban J connectivity index is 0.000000296. The van der Waals surface area contributed by atoms with E-state index < -0.39 is 70.6 Å². The first kappa shape index (κ1) is 24.2. The second kappa shape index (κ2) is 10.6. The fourth-order valence-electron chi connectivity index (χ4n) is 2.08. The zero-order chi connectivity index (χ0) is 22.3. The van der Waals surface area contributed by atoms with E-state index in [1.165, 1.54) is 21.1 Å². The summed E-state index contributed by atoms with van der Waals surface area (Å²) in [4.78, 5) is 26.4. The van der Waals surface area contributed by atoms with Crippen LogP contribution in [0.25, 0.3) is 0 Å². The molecule has 0 heterocycles. The van der Waals surface area contributed by atoms with Gasteiger partial charge in [0.05, 0.1) is 13.5 Å². The summed E-state index contributed by atoms with van der Waals surface area (Å²) in [6, 6.07) is 2.93. The molecule has 0 radical (unpaired) electrons. The molecule has 0 aromatic heterocycles. The molecule has 2 aromatic rings. The summed E-state index contributed by atoms with van der Waals surface area (Å²) >= 11 is 0. The van der Waals surface area contributed by atoms with E-state index in [1.807, 2.05) is 0 Å². The van der Waals surface area contributed by atoms with Gasteiger partial charge in [0, 0.05) is 24.6 Å². The minimum Gasteiger partial charge on any atom is -0.300 e. The van der Waals surface area contributed by atoms with Crippen LogP contribution in [-0.2, 0) is 27.3 Å². The number of hydroxylamine groups is 2. The Labute approximate surface area is 162 Å². The predicted octanol–water partition coefficient (Wildman–Crippen LogP) is 3.90. The third kappa shape index (κ3) is 6.60. The summed E-state index contributed by atoms with van der Waals surface area (Å²) in [5.74, 6) is -7.91. The number of halogens is 6. The van der Waals surface area contributed by atoms with E-state index in [2.05, 4.69) is 4.84 Å². The number of nitrogens with zero attached hydrogens (tertiary/aromatic N) is 1. The van der Waals surface area contributed by atoms with Crippen LogP contribution >= 0.6 is 0 Å². The molecular weight excluding hydrogens is 404 g/mol. The number of benzene rings is 2. The van der Waals surface area contributed by atoms with E-state index in [0.717, 1.165) is 17.2 Å². The van der Waals surface area contributed by atoms with Crippen molar-refractivity contribution >= 4 is 11.7 Å². The van der Waals surface area contributed by atoms with Crippen LogP contribution in [0.2, 0.25) is 0 Å². The fourth-order valence-corrected chi connectivity index (χ4v) is 2.08. The lowest BCUT2D eigenvalue weighted by Gasteiger charge is -2.14. The monoisotopic (exact) mass is 421 g/mol. The van der Waals surface area contributed by atoms with Gasteiger partial charge < -0.3 is 0 Å². The minimum absolute atomic E-state index is 0.414. The lowest BCUT2D eigenvalue weighted by molar-refractivity contribution is -0.167. The number of rotatable bonds is 5. The van der Waals surface area contributed by atoms with Gasteiger partial charge in [-0.15, -0.1) is 0 Å². The first-order valence-electron chi connectivity index (χ1n) is 8.04. The molecule has 0 aliphatic carbocycles. The van der Waals surface area contributed by atoms with Crippen molar-refractivity contribution in [2.24, 2.45) is 0 Å². The quantitative estimate of drug-likeness (QED) is 0.418. The van der Waals surface area contributed by atoms with E-state index >= 15 is 0 Å². The van der Waals surface area contributed by atoms with E-state index in [1.54, 1.807) is 0 Å². The van der Waals surface area contributed by atoms with E-state index in [4.69, 9.17) is 0 Å². The average Bonchev–Trinajstić information content (AvgIpc) is 2.68. The molecule has 1 amide bonds. The number of hydrogen-bond donors (Lipinski definition) is 0. The lowest BCUT2D eigenvalue weighted by atomic mass is 10.1. The van der Waals surface area contributed by atoms with Gasteiger partial charge in [0.2, 0.25) is 5.91 Å². The average molecular weight is 421 g/mol. The SMILES string of the molecule is CC(=O)Cc1c(F)ccc(F)c1F.CON(C)C(=O)Cc1c(F)ccc(F)c1F. The summed E-state index contributed by atoms with van der Waals surface area (Å²) in [6.45, 7) is 1.18. The molecule has 0 saturated heterocycles. The van der Waals surface area contributed by atoms with Gasteiger partial charge in [-0.25, -0.2) is 31.4 Å². The smallest absolute Gasteiger partial charge is 0.250 e. The lowest BCUT2D eigenvalue weighted by Crippen LogP contribution is -2.27. The highest BCUT2D eigenvalue weighted by molar-refractivity contribution is 5.78. The summed E-state index contributed by atoms with van der Waals surface area (Å²) < 4.78 is 77.3. The predicted molar refractivity (Wildman–Crippen MR) is 90.5 cm³/mol. The van der Waals surface area contributed by atoms with Crippen molar-refractivity contribution in [3.05, 3.63) is 70.3 Å². The van der Waals surface area contributed by atoms with Crippen LogP contribution in [0.1, 0.15) is 18.1 Å². The van der Waals surface area contributed by atoms with Gasteiger partial charge >= 0.3 is 0 Å². The van der Waals surface area contributed by atoms with Crippen molar-refractivity contribution < 1.29 is 40.8 Å². The van der Waals surface area contributed by atoms with Crippen LogP contribution in [0.3, 0.4) is 0 Å². The molecule has 0 atom stereocenters. The molecule has 0 aliphatic heterocycles. The zero-order valence-electron chi connectivity index (χ0n) is 15.7. The molecule has 158 valence electrons. The maximum absolute atomic E-state index is 13.2. The largest absolute Gasteiger partial charge is 0.300 e. The van der Waals surface area contributed by atoms with Crippen LogP contribution in [0, 0.1) is 34.9 Å². The molecule has 29 heavy (non-hydrogen) atoms. The van der Waals surface area contributed by atoms with Gasteiger partial charge in [0.25, 0.3) is 0 Å². The number of Topliss-reactive ketones (excluding diaryl/α,β-unsaturated/α-hetero) is 1. The maximum Gasteiger partial charge on any atom is 0.250 e. The van der Waals surface area contributed by atoms with Crippen molar-refractivity contribution in [1.82, 2.24) is 5.06 Å². The zero-order valence-corrected chi connectivity index (χ0v) is 15.7. The van der Waals surface area contributed by atoms with Crippen LogP contribution in [0.15, 0.2) is 24.3 Å². The van der Waals surface area contributed by atoms with Gasteiger partial charge in [-0.05, 0) is 31.2 Å². The third-order valence-electron chi connectivity index (χ3n) is 3.66. The Hall–Kier alpha value is -2.88. The topological polar surface area (TPSA) is 46.6 Å². The van der Waals surface area contributed by atoms with Crippen molar-refractivity contribution in [2.45, 2.75) is 19.8 Å². The molecule has 0 spiro atoms. The van der Waals surface area contributed by atoms with Crippen molar-refractivity contribution in [3.63, 3.8) is 0 Å². The van der Waals surface area contributed by atoms with E-state index in [-0.39, 0.29) is 0 Å². The summed E-state index contributed by atoms with van der Waals surface area (Å²) in [5, 5.41) is 0.809. The standard InChI is InChI=1S/C10H10F3NO2.C9H7F3O/c1-14(16-2)9(15)5-6-7(11)3-4-8(12)10(6)13;1-5(13)4-6-7(10)2-3-8(11)9(6)12/h3-4H,5H2,1-2H3;2-3H,4H2,1H3. The number of carbonyl (C=O) groups excluding carboxylic acids is 2. The molecule has 0 N–H and O–H groups in total.